The number of imidazole rings is 1. The standard InChI is InChI=1S/C15H23BrN4O3S/c1-9(2)5-10(17)8-18-24(22,23)14-7-13-12(6-11(14)16)19(3)15(21)20(13)4/h6-7,9-10,18H,5,8,17H2,1-4H3/t10-/m0/s1. The molecule has 1 atom stereocenters. The van der Waals surface area contributed by atoms with Gasteiger partial charge in [0, 0.05) is 31.2 Å². The summed E-state index contributed by atoms with van der Waals surface area (Å²) < 4.78 is 31.0. The summed E-state index contributed by atoms with van der Waals surface area (Å²) in [6.45, 7) is 4.24. The summed E-state index contributed by atoms with van der Waals surface area (Å²) in [5.41, 5.74) is 6.95. The summed E-state index contributed by atoms with van der Waals surface area (Å²) in [7, 11) is -0.476. The lowest BCUT2D eigenvalue weighted by Crippen LogP contribution is -2.38. The maximum Gasteiger partial charge on any atom is 0.328 e. The summed E-state index contributed by atoms with van der Waals surface area (Å²) in [5.74, 6) is 0.395. The van der Waals surface area contributed by atoms with Crippen molar-refractivity contribution in [2.24, 2.45) is 25.7 Å². The highest BCUT2D eigenvalue weighted by Crippen LogP contribution is 2.27. The predicted octanol–water partition coefficient (Wildman–Crippen LogP) is 1.29. The molecule has 0 radical (unpaired) electrons. The van der Waals surface area contributed by atoms with Gasteiger partial charge in [-0.15, -0.1) is 0 Å². The van der Waals surface area contributed by atoms with Crippen LogP contribution in [0.15, 0.2) is 26.3 Å². The molecule has 0 amide bonds. The van der Waals surface area contributed by atoms with Crippen LogP contribution < -0.4 is 16.1 Å². The maximum absolute atomic E-state index is 12.6. The normalized spacial score (nSPS) is 13.8. The van der Waals surface area contributed by atoms with E-state index in [0.717, 1.165) is 6.42 Å². The van der Waals surface area contributed by atoms with Crippen molar-refractivity contribution in [3.05, 3.63) is 27.1 Å². The number of hydrogen-bond acceptors (Lipinski definition) is 4. The molecule has 0 saturated heterocycles. The molecule has 0 bridgehead atoms. The highest BCUT2D eigenvalue weighted by molar-refractivity contribution is 9.10. The van der Waals surface area contributed by atoms with E-state index in [9.17, 15) is 13.2 Å². The lowest BCUT2D eigenvalue weighted by Gasteiger charge is -2.15. The number of halogens is 1. The van der Waals surface area contributed by atoms with Crippen molar-refractivity contribution in [3.63, 3.8) is 0 Å². The Kier molecular flexibility index (Phi) is 5.58. The highest BCUT2D eigenvalue weighted by Gasteiger charge is 2.21. The average molecular weight is 419 g/mol. The van der Waals surface area contributed by atoms with Crippen LogP contribution in [0.5, 0.6) is 0 Å². The molecule has 134 valence electrons. The van der Waals surface area contributed by atoms with Crippen molar-refractivity contribution in [1.29, 1.82) is 0 Å². The fraction of sp³-hybridized carbons (Fsp3) is 0.533. The van der Waals surface area contributed by atoms with E-state index in [1.807, 2.05) is 13.8 Å². The minimum Gasteiger partial charge on any atom is -0.327 e. The number of nitrogens with zero attached hydrogens (tertiary/aromatic N) is 2. The summed E-state index contributed by atoms with van der Waals surface area (Å²) in [6.07, 6.45) is 0.732. The van der Waals surface area contributed by atoms with Gasteiger partial charge in [0.2, 0.25) is 10.0 Å². The largest absolute Gasteiger partial charge is 0.328 e. The number of sulfonamides is 1. The van der Waals surface area contributed by atoms with Crippen LogP contribution in [0.25, 0.3) is 11.0 Å². The minimum atomic E-state index is -3.74. The first-order valence-electron chi connectivity index (χ1n) is 7.64. The van der Waals surface area contributed by atoms with Gasteiger partial charge in [-0.05, 0) is 40.4 Å². The SMILES string of the molecule is CC(C)C[C@H](N)CNS(=O)(=O)c1cc2c(cc1Br)n(C)c(=O)n2C. The molecular weight excluding hydrogens is 396 g/mol. The Morgan fingerprint density at radius 3 is 2.29 bits per heavy atom. The van der Waals surface area contributed by atoms with Gasteiger partial charge in [0.15, 0.2) is 0 Å². The van der Waals surface area contributed by atoms with Crippen LogP contribution in [-0.4, -0.2) is 30.1 Å². The van der Waals surface area contributed by atoms with Crippen molar-refractivity contribution >= 4 is 37.0 Å². The van der Waals surface area contributed by atoms with Crippen LogP contribution in [-0.2, 0) is 24.1 Å². The second-order valence-corrected chi connectivity index (χ2v) is 9.00. The van der Waals surface area contributed by atoms with E-state index in [0.29, 0.717) is 21.4 Å². The van der Waals surface area contributed by atoms with Crippen molar-refractivity contribution in [3.8, 4) is 0 Å². The molecule has 9 heteroatoms. The molecule has 2 aromatic rings. The summed E-state index contributed by atoms with van der Waals surface area (Å²) in [4.78, 5) is 12.1. The Hall–Kier alpha value is -1.16. The Morgan fingerprint density at radius 1 is 1.21 bits per heavy atom. The number of nitrogens with one attached hydrogen (secondary N) is 1. The lowest BCUT2D eigenvalue weighted by molar-refractivity contribution is 0.486. The number of aromatic nitrogens is 2. The molecule has 0 unspecified atom stereocenters. The van der Waals surface area contributed by atoms with Crippen LogP contribution in [0.4, 0.5) is 0 Å². The quantitative estimate of drug-likeness (QED) is 0.737. The molecule has 1 heterocycles. The number of rotatable bonds is 6. The number of benzene rings is 1. The van der Waals surface area contributed by atoms with Gasteiger partial charge < -0.3 is 5.73 Å². The highest BCUT2D eigenvalue weighted by atomic mass is 79.9. The van der Waals surface area contributed by atoms with Gasteiger partial charge in [-0.25, -0.2) is 17.9 Å². The van der Waals surface area contributed by atoms with Crippen molar-refractivity contribution < 1.29 is 8.42 Å². The molecule has 0 saturated carbocycles. The van der Waals surface area contributed by atoms with Crippen molar-refractivity contribution in [2.45, 2.75) is 31.2 Å². The van der Waals surface area contributed by atoms with Gasteiger partial charge in [0.25, 0.3) is 0 Å². The summed E-state index contributed by atoms with van der Waals surface area (Å²) in [6, 6.07) is 2.89. The minimum absolute atomic E-state index is 0.0907. The molecule has 3 N–H and O–H groups in total. The topological polar surface area (TPSA) is 99.1 Å². The van der Waals surface area contributed by atoms with E-state index >= 15 is 0 Å². The zero-order valence-corrected chi connectivity index (χ0v) is 16.6. The van der Waals surface area contributed by atoms with Crippen LogP contribution in [0.2, 0.25) is 0 Å². The molecule has 2 rings (SSSR count). The molecule has 1 aromatic heterocycles. The van der Waals surface area contributed by atoms with E-state index in [1.165, 1.54) is 15.2 Å². The molecular formula is C15H23BrN4O3S. The molecule has 24 heavy (non-hydrogen) atoms. The first kappa shape index (κ1) is 19.2. The maximum atomic E-state index is 12.6. The number of nitrogens with two attached hydrogens (primary N) is 1. The second-order valence-electron chi connectivity index (χ2n) is 6.41. The predicted molar refractivity (Wildman–Crippen MR) is 98.5 cm³/mol. The molecule has 0 spiro atoms. The van der Waals surface area contributed by atoms with Crippen LogP contribution >= 0.6 is 15.9 Å². The third-order valence-corrected chi connectivity index (χ3v) is 6.31. The number of fused-ring (bicyclic) bond motifs is 1. The zero-order valence-electron chi connectivity index (χ0n) is 14.2. The van der Waals surface area contributed by atoms with Gasteiger partial charge in [-0.3, -0.25) is 9.13 Å². The molecule has 7 nitrogen and oxygen atoms in total. The molecule has 0 aliphatic rings. The Bertz CT molecular complexity index is 915. The monoisotopic (exact) mass is 418 g/mol. The third-order valence-electron chi connectivity index (χ3n) is 3.92. The van der Waals surface area contributed by atoms with E-state index in [4.69, 9.17) is 5.73 Å². The average Bonchev–Trinajstić information content (AvgIpc) is 2.68. The zero-order chi connectivity index (χ0) is 18.2. The number of aryl methyl sites for hydroxylation is 2. The molecule has 0 aliphatic heterocycles. The lowest BCUT2D eigenvalue weighted by atomic mass is 10.1. The molecule has 0 aliphatic carbocycles. The van der Waals surface area contributed by atoms with Gasteiger partial charge in [0.05, 0.1) is 15.9 Å². The van der Waals surface area contributed by atoms with E-state index in [-0.39, 0.29) is 23.2 Å². The summed E-state index contributed by atoms with van der Waals surface area (Å²) in [5, 5.41) is 0. The third kappa shape index (κ3) is 3.74. The molecule has 1 aromatic carbocycles. The Balaban J connectivity index is 2.38. The van der Waals surface area contributed by atoms with E-state index in [2.05, 4.69) is 20.7 Å². The summed E-state index contributed by atoms with van der Waals surface area (Å²) >= 11 is 3.29. The molecule has 0 fully saturated rings. The first-order chi connectivity index (χ1) is 11.0. The fourth-order valence-electron chi connectivity index (χ4n) is 2.69. The van der Waals surface area contributed by atoms with Gasteiger partial charge >= 0.3 is 5.69 Å². The van der Waals surface area contributed by atoms with Gasteiger partial charge in [-0.2, -0.15) is 0 Å². The first-order valence-corrected chi connectivity index (χ1v) is 9.92. The van der Waals surface area contributed by atoms with E-state index in [1.54, 1.807) is 20.2 Å². The Labute approximate surface area is 150 Å². The Morgan fingerprint density at radius 2 is 1.75 bits per heavy atom. The van der Waals surface area contributed by atoms with Crippen molar-refractivity contribution in [1.82, 2.24) is 13.9 Å². The van der Waals surface area contributed by atoms with Gasteiger partial charge in [-0.1, -0.05) is 13.8 Å². The van der Waals surface area contributed by atoms with E-state index < -0.39 is 10.0 Å². The van der Waals surface area contributed by atoms with Gasteiger partial charge in [0.1, 0.15) is 0 Å². The number of hydrogen-bond donors (Lipinski definition) is 2. The van der Waals surface area contributed by atoms with Crippen LogP contribution in [0, 0.1) is 5.92 Å². The fourth-order valence-corrected chi connectivity index (χ4v) is 4.83. The second kappa shape index (κ2) is 6.99. The van der Waals surface area contributed by atoms with Crippen molar-refractivity contribution in [2.75, 3.05) is 6.54 Å². The smallest absolute Gasteiger partial charge is 0.327 e. The van der Waals surface area contributed by atoms with Crippen LogP contribution in [0.1, 0.15) is 20.3 Å². The van der Waals surface area contributed by atoms with Crippen LogP contribution in [0.3, 0.4) is 0 Å².